The first-order chi connectivity index (χ1) is 10.8. The third-order valence-corrected chi connectivity index (χ3v) is 1.36. The van der Waals surface area contributed by atoms with Gasteiger partial charge < -0.3 is 25.2 Å². The number of carbonyl (C=O) groups is 3. The second-order valence-electron chi connectivity index (χ2n) is 3.26. The molecule has 4 N–H and O–H groups in total. The first kappa shape index (κ1) is 28.7. The number of rotatable bonds is 7. The van der Waals surface area contributed by atoms with E-state index < -0.39 is 11.9 Å². The molecule has 0 aliphatic rings. The van der Waals surface area contributed by atoms with Crippen molar-refractivity contribution in [3.8, 4) is 0 Å². The Labute approximate surface area is 136 Å². The molecule has 0 spiro atoms. The second kappa shape index (κ2) is 27.8. The minimum absolute atomic E-state index is 0.125. The number of carboxylic acid groups (broad SMARTS) is 2. The molecule has 0 aromatic carbocycles. The van der Waals surface area contributed by atoms with E-state index in [1.165, 1.54) is 6.08 Å². The van der Waals surface area contributed by atoms with Crippen LogP contribution in [0.4, 0.5) is 0 Å². The fourth-order valence-corrected chi connectivity index (χ4v) is 0.376. The second-order valence-corrected chi connectivity index (χ2v) is 3.26. The number of hydrogen-bond donors (Lipinski definition) is 4. The minimum Gasteiger partial charge on any atom is -0.478 e. The van der Waals surface area contributed by atoms with E-state index in [1.54, 1.807) is 0 Å². The average Bonchev–Trinajstić information content (AvgIpc) is 2.56. The van der Waals surface area contributed by atoms with Gasteiger partial charge in [-0.15, -0.1) is 0 Å². The number of hydrogen-bond acceptors (Lipinski definition) is 6. The van der Waals surface area contributed by atoms with E-state index in [2.05, 4.69) is 24.5 Å². The fourth-order valence-electron chi connectivity index (χ4n) is 0.376. The van der Waals surface area contributed by atoms with Crippen molar-refractivity contribution in [3.05, 3.63) is 38.0 Å². The number of carbonyl (C=O) groups excluding carboxylic acids is 1. The van der Waals surface area contributed by atoms with Crippen molar-refractivity contribution in [2.24, 2.45) is 0 Å². The third-order valence-electron chi connectivity index (χ3n) is 1.36. The Hall–Kier alpha value is -2.45. The van der Waals surface area contributed by atoms with Crippen LogP contribution >= 0.6 is 0 Å². The standard InChI is InChI=1S/C7H12O2.2C3H4O2.C2H6O2/c1-3-5-6-9-7(8)4-2;2*1-2-3(4)5;3-1-2-4/h4H,2-3,5-6H2,1H3;2*2H,1H2,(H,4,5);3-4H,1-2H2. The van der Waals surface area contributed by atoms with E-state index in [9.17, 15) is 14.4 Å². The summed E-state index contributed by atoms with van der Waals surface area (Å²) < 4.78 is 4.67. The molecule has 0 aromatic heterocycles. The molecule has 0 saturated heterocycles. The summed E-state index contributed by atoms with van der Waals surface area (Å²) in [5.41, 5.74) is 0. The van der Waals surface area contributed by atoms with Crippen LogP contribution in [0.3, 0.4) is 0 Å². The van der Waals surface area contributed by atoms with Crippen molar-refractivity contribution in [2.75, 3.05) is 19.8 Å². The smallest absolute Gasteiger partial charge is 0.330 e. The fraction of sp³-hybridized carbons (Fsp3) is 0.400. The summed E-state index contributed by atoms with van der Waals surface area (Å²) >= 11 is 0. The quantitative estimate of drug-likeness (QED) is 0.307. The van der Waals surface area contributed by atoms with E-state index in [1.807, 2.05) is 6.92 Å². The predicted octanol–water partition coefficient (Wildman–Crippen LogP) is 1.00. The lowest BCUT2D eigenvalue weighted by Gasteiger charge is -1.97. The number of unbranched alkanes of at least 4 members (excludes halogenated alkanes) is 1. The minimum atomic E-state index is -0.981. The van der Waals surface area contributed by atoms with Gasteiger partial charge >= 0.3 is 17.9 Å². The summed E-state index contributed by atoms with van der Waals surface area (Å²) in [5.74, 6) is -2.29. The summed E-state index contributed by atoms with van der Waals surface area (Å²) in [7, 11) is 0. The maximum atomic E-state index is 10.3. The van der Waals surface area contributed by atoms with Gasteiger partial charge in [0.25, 0.3) is 0 Å². The molecule has 0 amide bonds. The average molecular weight is 334 g/mol. The summed E-state index contributed by atoms with van der Waals surface area (Å²) in [6.45, 7) is 11.5. The Kier molecular flexibility index (Phi) is 34.7. The number of ether oxygens (including phenoxy) is 1. The van der Waals surface area contributed by atoms with Gasteiger partial charge in [0, 0.05) is 18.2 Å². The summed E-state index contributed by atoms with van der Waals surface area (Å²) in [6, 6.07) is 0. The van der Waals surface area contributed by atoms with Gasteiger partial charge in [-0.1, -0.05) is 33.1 Å². The highest BCUT2D eigenvalue weighted by Gasteiger charge is 1.91. The molecule has 8 nitrogen and oxygen atoms in total. The van der Waals surface area contributed by atoms with Gasteiger partial charge in [0.1, 0.15) is 0 Å². The lowest BCUT2D eigenvalue weighted by atomic mass is 10.4. The van der Waals surface area contributed by atoms with E-state index >= 15 is 0 Å². The van der Waals surface area contributed by atoms with Crippen LogP contribution in [0.15, 0.2) is 38.0 Å². The summed E-state index contributed by atoms with van der Waals surface area (Å²) in [4.78, 5) is 28.8. The Morgan fingerprint density at radius 1 is 0.913 bits per heavy atom. The molecule has 0 radical (unpaired) electrons. The molecular weight excluding hydrogens is 308 g/mol. The molecule has 0 atom stereocenters. The Balaban J connectivity index is -0.000000112. The van der Waals surface area contributed by atoms with Crippen LogP contribution in [0.25, 0.3) is 0 Å². The van der Waals surface area contributed by atoms with Crippen LogP contribution in [-0.4, -0.2) is 58.2 Å². The largest absolute Gasteiger partial charge is 0.478 e. The number of carboxylic acids is 2. The van der Waals surface area contributed by atoms with Crippen LogP contribution in [-0.2, 0) is 19.1 Å². The molecule has 0 heterocycles. The Morgan fingerprint density at radius 2 is 1.26 bits per heavy atom. The van der Waals surface area contributed by atoms with Crippen molar-refractivity contribution in [2.45, 2.75) is 19.8 Å². The normalized spacial score (nSPS) is 7.43. The molecule has 0 unspecified atom stereocenters. The Bertz CT molecular complexity index is 316. The first-order valence-electron chi connectivity index (χ1n) is 6.48. The molecule has 0 rings (SSSR count). The first-order valence-corrected chi connectivity index (χ1v) is 6.48. The molecule has 0 aliphatic carbocycles. The molecule has 0 saturated carbocycles. The molecule has 0 bridgehead atoms. The zero-order valence-electron chi connectivity index (χ0n) is 13.3. The summed E-state index contributed by atoms with van der Waals surface area (Å²) in [5, 5.41) is 30.5. The zero-order chi connectivity index (χ0) is 19.1. The maximum Gasteiger partial charge on any atom is 0.330 e. The van der Waals surface area contributed by atoms with Gasteiger partial charge in [-0.3, -0.25) is 0 Å². The van der Waals surface area contributed by atoms with Gasteiger partial charge in [0.05, 0.1) is 19.8 Å². The number of aliphatic hydroxyl groups excluding tert-OH is 2. The van der Waals surface area contributed by atoms with Crippen molar-refractivity contribution >= 4 is 17.9 Å². The lowest BCUT2D eigenvalue weighted by Crippen LogP contribution is -2.00. The molecular formula is C15H26O8. The van der Waals surface area contributed by atoms with Crippen molar-refractivity contribution in [1.82, 2.24) is 0 Å². The van der Waals surface area contributed by atoms with Gasteiger partial charge in [-0.05, 0) is 6.42 Å². The number of aliphatic hydroxyl groups is 2. The van der Waals surface area contributed by atoms with Crippen molar-refractivity contribution < 1.29 is 39.5 Å². The summed E-state index contributed by atoms with van der Waals surface area (Å²) in [6.07, 6.45) is 4.82. The molecule has 0 aliphatic heterocycles. The van der Waals surface area contributed by atoms with Gasteiger partial charge in [0.2, 0.25) is 0 Å². The van der Waals surface area contributed by atoms with Gasteiger partial charge in [0.15, 0.2) is 0 Å². The monoisotopic (exact) mass is 334 g/mol. The van der Waals surface area contributed by atoms with E-state index in [4.69, 9.17) is 20.4 Å². The van der Waals surface area contributed by atoms with Crippen LogP contribution in [0.2, 0.25) is 0 Å². The van der Waals surface area contributed by atoms with Crippen LogP contribution < -0.4 is 0 Å². The van der Waals surface area contributed by atoms with Crippen LogP contribution in [0.1, 0.15) is 19.8 Å². The highest BCUT2D eigenvalue weighted by atomic mass is 16.5. The number of aliphatic carboxylic acids is 2. The molecule has 0 fully saturated rings. The lowest BCUT2D eigenvalue weighted by molar-refractivity contribution is -0.138. The third kappa shape index (κ3) is 66.0. The van der Waals surface area contributed by atoms with E-state index in [0.29, 0.717) is 6.61 Å². The van der Waals surface area contributed by atoms with E-state index in [0.717, 1.165) is 25.0 Å². The van der Waals surface area contributed by atoms with E-state index in [-0.39, 0.29) is 19.2 Å². The number of esters is 1. The van der Waals surface area contributed by atoms with Crippen LogP contribution in [0.5, 0.6) is 0 Å². The SMILES string of the molecule is C=CC(=O)O.C=CC(=O)O.C=CC(=O)OCCCC.OCCO. The molecule has 0 aromatic rings. The highest BCUT2D eigenvalue weighted by molar-refractivity contribution is 5.81. The topological polar surface area (TPSA) is 141 Å². The molecule has 23 heavy (non-hydrogen) atoms. The Morgan fingerprint density at radius 3 is 1.43 bits per heavy atom. The molecule has 134 valence electrons. The molecule has 8 heteroatoms. The zero-order valence-corrected chi connectivity index (χ0v) is 13.3. The van der Waals surface area contributed by atoms with Gasteiger partial charge in [-0.2, -0.15) is 0 Å². The highest BCUT2D eigenvalue weighted by Crippen LogP contribution is 1.88. The van der Waals surface area contributed by atoms with Crippen molar-refractivity contribution in [1.29, 1.82) is 0 Å². The maximum absolute atomic E-state index is 10.3. The predicted molar refractivity (Wildman–Crippen MR) is 85.9 cm³/mol. The van der Waals surface area contributed by atoms with Crippen molar-refractivity contribution in [3.63, 3.8) is 0 Å². The van der Waals surface area contributed by atoms with Gasteiger partial charge in [-0.25, -0.2) is 14.4 Å². The van der Waals surface area contributed by atoms with Crippen LogP contribution in [0, 0.1) is 0 Å².